The largest absolute Gasteiger partial charge is 0.491 e. The van der Waals surface area contributed by atoms with Gasteiger partial charge in [0.2, 0.25) is 5.91 Å². The first-order chi connectivity index (χ1) is 12.9. The molecule has 0 saturated carbocycles. The van der Waals surface area contributed by atoms with Crippen LogP contribution in [-0.4, -0.2) is 24.1 Å². The molecule has 7 heteroatoms. The third-order valence-corrected chi connectivity index (χ3v) is 4.23. The number of hydrogen-bond donors (Lipinski definition) is 2. The van der Waals surface area contributed by atoms with Crippen molar-refractivity contribution in [1.29, 1.82) is 0 Å². The standard InChI is InChI=1S/C20H22BrN3O3/c1-13(2)27-16-8-6-7-15(11-16)12-22-24-20(26)14(3)19(25)23-18-10-5-4-9-17(18)21/h4-14H,1-3H3,(H,23,25)(H,24,26). The summed E-state index contributed by atoms with van der Waals surface area (Å²) in [5.74, 6) is -1.08. The minimum Gasteiger partial charge on any atom is -0.491 e. The Morgan fingerprint density at radius 3 is 2.52 bits per heavy atom. The minimum atomic E-state index is -0.898. The lowest BCUT2D eigenvalue weighted by Gasteiger charge is -2.12. The normalized spacial score (nSPS) is 12.0. The van der Waals surface area contributed by atoms with Gasteiger partial charge >= 0.3 is 0 Å². The van der Waals surface area contributed by atoms with E-state index < -0.39 is 17.7 Å². The van der Waals surface area contributed by atoms with Crippen LogP contribution in [0.3, 0.4) is 0 Å². The first-order valence-electron chi connectivity index (χ1n) is 8.52. The minimum absolute atomic E-state index is 0.0703. The lowest BCUT2D eigenvalue weighted by Crippen LogP contribution is -2.34. The fraction of sp³-hybridized carbons (Fsp3) is 0.250. The van der Waals surface area contributed by atoms with Crippen molar-refractivity contribution in [1.82, 2.24) is 5.43 Å². The number of hydrogen-bond acceptors (Lipinski definition) is 4. The molecule has 0 saturated heterocycles. The summed E-state index contributed by atoms with van der Waals surface area (Å²) >= 11 is 3.35. The van der Waals surface area contributed by atoms with Crippen LogP contribution in [0.2, 0.25) is 0 Å². The van der Waals surface area contributed by atoms with Gasteiger partial charge < -0.3 is 10.1 Å². The van der Waals surface area contributed by atoms with Crippen molar-refractivity contribution in [2.75, 3.05) is 5.32 Å². The highest BCUT2D eigenvalue weighted by Crippen LogP contribution is 2.21. The SMILES string of the molecule is CC(C)Oc1cccc(C=NNC(=O)C(C)C(=O)Nc2ccccc2Br)c1. The molecule has 0 fully saturated rings. The van der Waals surface area contributed by atoms with E-state index >= 15 is 0 Å². The summed E-state index contributed by atoms with van der Waals surface area (Å²) < 4.78 is 6.36. The number of carbonyl (C=O) groups excluding carboxylic acids is 2. The van der Waals surface area contributed by atoms with Gasteiger partial charge in [0.1, 0.15) is 11.7 Å². The molecular weight excluding hydrogens is 410 g/mol. The van der Waals surface area contributed by atoms with Crippen molar-refractivity contribution in [3.63, 3.8) is 0 Å². The monoisotopic (exact) mass is 431 g/mol. The number of rotatable bonds is 7. The molecule has 2 aromatic rings. The van der Waals surface area contributed by atoms with E-state index in [1.165, 1.54) is 13.1 Å². The van der Waals surface area contributed by atoms with E-state index in [1.807, 2.05) is 50.2 Å². The number of para-hydroxylation sites is 1. The van der Waals surface area contributed by atoms with Crippen molar-refractivity contribution in [2.24, 2.45) is 11.0 Å². The molecule has 0 aliphatic heterocycles. The molecule has 0 radical (unpaired) electrons. The Kier molecular flexibility index (Phi) is 7.55. The van der Waals surface area contributed by atoms with Crippen LogP contribution < -0.4 is 15.5 Å². The fourth-order valence-corrected chi connectivity index (χ4v) is 2.51. The van der Waals surface area contributed by atoms with Gasteiger partial charge in [0.15, 0.2) is 0 Å². The van der Waals surface area contributed by atoms with Crippen LogP contribution in [0.5, 0.6) is 5.75 Å². The maximum absolute atomic E-state index is 12.2. The molecule has 0 aliphatic carbocycles. The van der Waals surface area contributed by atoms with E-state index in [-0.39, 0.29) is 6.10 Å². The number of nitrogens with zero attached hydrogens (tertiary/aromatic N) is 1. The number of amides is 2. The van der Waals surface area contributed by atoms with Crippen molar-refractivity contribution in [3.05, 3.63) is 58.6 Å². The second-order valence-electron chi connectivity index (χ2n) is 6.16. The molecule has 1 atom stereocenters. The molecule has 142 valence electrons. The molecule has 2 aromatic carbocycles. The lowest BCUT2D eigenvalue weighted by atomic mass is 10.1. The molecule has 0 spiro atoms. The Balaban J connectivity index is 1.91. The third-order valence-electron chi connectivity index (χ3n) is 3.54. The average molecular weight is 432 g/mol. The summed E-state index contributed by atoms with van der Waals surface area (Å²) in [6.45, 7) is 5.41. The summed E-state index contributed by atoms with van der Waals surface area (Å²) in [5.41, 5.74) is 3.77. The molecule has 0 bridgehead atoms. The fourth-order valence-electron chi connectivity index (χ4n) is 2.13. The van der Waals surface area contributed by atoms with Gasteiger partial charge in [-0.1, -0.05) is 24.3 Å². The Morgan fingerprint density at radius 1 is 1.07 bits per heavy atom. The highest BCUT2D eigenvalue weighted by molar-refractivity contribution is 9.10. The summed E-state index contributed by atoms with van der Waals surface area (Å²) in [5, 5.41) is 6.63. The van der Waals surface area contributed by atoms with Crippen LogP contribution in [-0.2, 0) is 9.59 Å². The zero-order valence-electron chi connectivity index (χ0n) is 15.4. The molecular formula is C20H22BrN3O3. The number of anilines is 1. The van der Waals surface area contributed by atoms with Crippen molar-refractivity contribution >= 4 is 39.6 Å². The van der Waals surface area contributed by atoms with Crippen LogP contribution in [0.1, 0.15) is 26.3 Å². The van der Waals surface area contributed by atoms with Gasteiger partial charge in [-0.05, 0) is 66.5 Å². The second-order valence-corrected chi connectivity index (χ2v) is 7.02. The highest BCUT2D eigenvalue weighted by Gasteiger charge is 2.21. The van der Waals surface area contributed by atoms with Crippen molar-refractivity contribution in [3.8, 4) is 5.75 Å². The van der Waals surface area contributed by atoms with E-state index in [0.29, 0.717) is 5.69 Å². The Morgan fingerprint density at radius 2 is 1.81 bits per heavy atom. The predicted molar refractivity (Wildman–Crippen MR) is 110 cm³/mol. The van der Waals surface area contributed by atoms with Crippen LogP contribution in [0.4, 0.5) is 5.69 Å². The van der Waals surface area contributed by atoms with Crippen LogP contribution in [0.15, 0.2) is 58.1 Å². The Labute approximate surface area is 167 Å². The van der Waals surface area contributed by atoms with E-state index in [0.717, 1.165) is 15.8 Å². The maximum atomic E-state index is 12.2. The van der Waals surface area contributed by atoms with Gasteiger partial charge in [-0.3, -0.25) is 9.59 Å². The van der Waals surface area contributed by atoms with E-state index in [4.69, 9.17) is 4.74 Å². The topological polar surface area (TPSA) is 79.8 Å². The summed E-state index contributed by atoms with van der Waals surface area (Å²) in [7, 11) is 0. The first-order valence-corrected chi connectivity index (χ1v) is 9.31. The second kappa shape index (κ2) is 9.87. The molecule has 1 unspecified atom stereocenters. The molecule has 2 rings (SSSR count). The lowest BCUT2D eigenvalue weighted by molar-refractivity contribution is -0.131. The highest BCUT2D eigenvalue weighted by atomic mass is 79.9. The molecule has 0 aliphatic rings. The zero-order chi connectivity index (χ0) is 19.8. The van der Waals surface area contributed by atoms with E-state index in [2.05, 4.69) is 31.8 Å². The Bertz CT molecular complexity index is 837. The van der Waals surface area contributed by atoms with Crippen molar-refractivity contribution < 1.29 is 14.3 Å². The van der Waals surface area contributed by atoms with Gasteiger partial charge in [-0.25, -0.2) is 5.43 Å². The predicted octanol–water partition coefficient (Wildman–Crippen LogP) is 3.96. The quantitative estimate of drug-likeness (QED) is 0.395. The molecule has 0 aromatic heterocycles. The number of benzene rings is 2. The number of carbonyl (C=O) groups is 2. The smallest absolute Gasteiger partial charge is 0.252 e. The van der Waals surface area contributed by atoms with Gasteiger partial charge in [-0.2, -0.15) is 5.10 Å². The number of nitrogens with one attached hydrogen (secondary N) is 2. The Hall–Kier alpha value is -2.67. The number of halogens is 1. The third kappa shape index (κ3) is 6.53. The van der Waals surface area contributed by atoms with Gasteiger partial charge in [0.05, 0.1) is 18.0 Å². The van der Waals surface area contributed by atoms with Gasteiger partial charge in [0, 0.05) is 4.47 Å². The molecule has 2 amide bonds. The average Bonchev–Trinajstić information content (AvgIpc) is 2.62. The van der Waals surface area contributed by atoms with E-state index in [1.54, 1.807) is 12.1 Å². The van der Waals surface area contributed by atoms with Crippen LogP contribution in [0.25, 0.3) is 0 Å². The molecule has 27 heavy (non-hydrogen) atoms. The zero-order valence-corrected chi connectivity index (χ0v) is 17.0. The van der Waals surface area contributed by atoms with Gasteiger partial charge in [-0.15, -0.1) is 0 Å². The number of hydrazone groups is 1. The van der Waals surface area contributed by atoms with Crippen molar-refractivity contribution in [2.45, 2.75) is 26.9 Å². The maximum Gasteiger partial charge on any atom is 0.252 e. The summed E-state index contributed by atoms with van der Waals surface area (Å²) in [4.78, 5) is 24.4. The summed E-state index contributed by atoms with van der Waals surface area (Å²) in [6.07, 6.45) is 1.57. The van der Waals surface area contributed by atoms with Gasteiger partial charge in [0.25, 0.3) is 5.91 Å². The first kappa shape index (κ1) is 20.6. The molecule has 2 N–H and O–H groups in total. The number of ether oxygens (including phenoxy) is 1. The molecule has 0 heterocycles. The summed E-state index contributed by atoms with van der Waals surface area (Å²) in [6, 6.07) is 14.5. The van der Waals surface area contributed by atoms with Crippen LogP contribution in [0, 0.1) is 5.92 Å². The molecule has 6 nitrogen and oxygen atoms in total. The van der Waals surface area contributed by atoms with E-state index in [9.17, 15) is 9.59 Å². The van der Waals surface area contributed by atoms with Crippen LogP contribution >= 0.6 is 15.9 Å².